The first-order valence-electron chi connectivity index (χ1n) is 11.4. The maximum Gasteiger partial charge on any atom is 0.251 e. The zero-order chi connectivity index (χ0) is 24.2. The summed E-state index contributed by atoms with van der Waals surface area (Å²) in [6.45, 7) is 4.70. The Kier molecular flexibility index (Phi) is 6.80. The summed E-state index contributed by atoms with van der Waals surface area (Å²) in [5, 5.41) is 14.6. The monoisotopic (exact) mass is 454 g/mol. The smallest absolute Gasteiger partial charge is 0.251 e. The molecule has 4 aromatic rings. The third-order valence-corrected chi connectivity index (χ3v) is 5.42. The highest BCUT2D eigenvalue weighted by Gasteiger charge is 2.20. The van der Waals surface area contributed by atoms with Crippen molar-refractivity contribution in [3.63, 3.8) is 0 Å². The molecule has 0 fully saturated rings. The molecule has 1 aromatic heterocycles. The van der Waals surface area contributed by atoms with Crippen molar-refractivity contribution in [2.24, 2.45) is 4.99 Å². The summed E-state index contributed by atoms with van der Waals surface area (Å²) in [7, 11) is 4.07. The van der Waals surface area contributed by atoms with E-state index >= 15 is 0 Å². The number of rotatable bonds is 7. The number of hydrogen-bond donors (Lipinski definition) is 3. The second-order valence-corrected chi connectivity index (χ2v) is 8.97. The fourth-order valence-corrected chi connectivity index (χ4v) is 3.94. The lowest BCUT2D eigenvalue weighted by molar-refractivity contribution is 0.0943. The van der Waals surface area contributed by atoms with E-state index in [1.54, 1.807) is 12.1 Å². The lowest BCUT2D eigenvalue weighted by atomic mass is 9.99. The molecule has 6 heteroatoms. The van der Waals surface area contributed by atoms with Crippen LogP contribution in [-0.2, 0) is 6.54 Å². The Morgan fingerprint density at radius 3 is 2.35 bits per heavy atom. The normalized spacial score (nSPS) is 12.0. The molecule has 1 heterocycles. The number of hydrogen-bond acceptors (Lipinski definition) is 4. The quantitative estimate of drug-likeness (QED) is 0.334. The highest BCUT2D eigenvalue weighted by molar-refractivity contribution is 6.22. The van der Waals surface area contributed by atoms with Gasteiger partial charge in [-0.05, 0) is 63.8 Å². The third-order valence-electron chi connectivity index (χ3n) is 5.42. The van der Waals surface area contributed by atoms with E-state index in [2.05, 4.69) is 27.3 Å². The maximum absolute atomic E-state index is 12.6. The van der Waals surface area contributed by atoms with Crippen molar-refractivity contribution in [1.82, 2.24) is 15.2 Å². The largest absolute Gasteiger partial charge is 0.494 e. The van der Waals surface area contributed by atoms with Crippen LogP contribution in [0.3, 0.4) is 0 Å². The molecule has 0 saturated carbocycles. The van der Waals surface area contributed by atoms with Crippen molar-refractivity contribution in [1.29, 1.82) is 0 Å². The molecule has 0 bridgehead atoms. The van der Waals surface area contributed by atoms with Crippen LogP contribution in [-0.4, -0.2) is 46.7 Å². The molecule has 0 saturated heterocycles. The van der Waals surface area contributed by atoms with E-state index < -0.39 is 0 Å². The number of benzene rings is 3. The average Bonchev–Trinajstić information content (AvgIpc) is 3.13. The summed E-state index contributed by atoms with van der Waals surface area (Å²) >= 11 is 0. The summed E-state index contributed by atoms with van der Waals surface area (Å²) in [6.07, 6.45) is 0. The number of aromatic hydroxyl groups is 1. The molecular weight excluding hydrogens is 424 g/mol. The van der Waals surface area contributed by atoms with Gasteiger partial charge in [0.25, 0.3) is 5.91 Å². The van der Waals surface area contributed by atoms with E-state index in [9.17, 15) is 9.90 Å². The highest BCUT2D eigenvalue weighted by Crippen LogP contribution is 2.32. The number of nitrogens with one attached hydrogen (secondary N) is 2. The molecule has 0 aliphatic carbocycles. The van der Waals surface area contributed by atoms with Gasteiger partial charge in [-0.3, -0.25) is 4.79 Å². The zero-order valence-electron chi connectivity index (χ0n) is 20.0. The molecule has 6 nitrogen and oxygen atoms in total. The molecule has 0 aliphatic rings. The summed E-state index contributed by atoms with van der Waals surface area (Å²) < 4.78 is 0. The summed E-state index contributed by atoms with van der Waals surface area (Å²) in [5.74, 6) is -0.138. The van der Waals surface area contributed by atoms with Crippen LogP contribution in [0.25, 0.3) is 10.9 Å². The van der Waals surface area contributed by atoms with Gasteiger partial charge in [-0.2, -0.15) is 0 Å². The molecule has 0 aliphatic heterocycles. The zero-order valence-corrected chi connectivity index (χ0v) is 20.0. The van der Waals surface area contributed by atoms with Crippen LogP contribution in [0.4, 0.5) is 5.69 Å². The van der Waals surface area contributed by atoms with Crippen molar-refractivity contribution < 1.29 is 9.90 Å². The van der Waals surface area contributed by atoms with Gasteiger partial charge in [-0.15, -0.1) is 0 Å². The van der Waals surface area contributed by atoms with Gasteiger partial charge >= 0.3 is 0 Å². The van der Waals surface area contributed by atoms with E-state index in [1.807, 2.05) is 76.5 Å². The number of aliphatic imine (C=N–C) groups is 1. The molecular formula is C28H30N4O2. The first-order valence-corrected chi connectivity index (χ1v) is 11.4. The van der Waals surface area contributed by atoms with Crippen LogP contribution in [0.1, 0.15) is 40.9 Å². The van der Waals surface area contributed by atoms with Crippen molar-refractivity contribution in [2.45, 2.75) is 26.4 Å². The number of aromatic nitrogens is 1. The Morgan fingerprint density at radius 2 is 1.71 bits per heavy atom. The Labute approximate surface area is 200 Å². The summed E-state index contributed by atoms with van der Waals surface area (Å²) in [4.78, 5) is 22.7. The van der Waals surface area contributed by atoms with Crippen LogP contribution in [0, 0.1) is 0 Å². The standard InChI is InChI=1S/C28H30N4O2/c1-18(2)29-27(33)21-12-15-24-23(16-21)25(28(34)31-24)26(20-8-6-5-7-9-20)30-22-13-10-19(11-14-22)17-32(3)4/h5-16,18,31,34H,17H2,1-4H3,(H,29,33). The molecule has 3 aromatic carbocycles. The van der Waals surface area contributed by atoms with Gasteiger partial charge in [-0.25, -0.2) is 4.99 Å². The second-order valence-electron chi connectivity index (χ2n) is 8.97. The fraction of sp³-hybridized carbons (Fsp3) is 0.214. The predicted octanol–water partition coefficient (Wildman–Crippen LogP) is 5.24. The van der Waals surface area contributed by atoms with E-state index in [0.29, 0.717) is 16.8 Å². The van der Waals surface area contributed by atoms with Crippen molar-refractivity contribution in [2.75, 3.05) is 14.1 Å². The van der Waals surface area contributed by atoms with Gasteiger partial charge in [0, 0.05) is 34.6 Å². The fourth-order valence-electron chi connectivity index (χ4n) is 3.94. The molecule has 0 atom stereocenters. The number of fused-ring (bicyclic) bond motifs is 1. The summed E-state index contributed by atoms with van der Waals surface area (Å²) in [6, 6.07) is 23.2. The highest BCUT2D eigenvalue weighted by atomic mass is 16.3. The Hall–Kier alpha value is -3.90. The molecule has 0 unspecified atom stereocenters. The van der Waals surface area contributed by atoms with Gasteiger partial charge in [0.1, 0.15) is 0 Å². The molecule has 1 amide bonds. The van der Waals surface area contributed by atoms with Gasteiger partial charge < -0.3 is 20.3 Å². The van der Waals surface area contributed by atoms with Gasteiger partial charge in [0.15, 0.2) is 5.88 Å². The first kappa shape index (κ1) is 23.3. The van der Waals surface area contributed by atoms with E-state index in [-0.39, 0.29) is 17.8 Å². The third kappa shape index (κ3) is 5.18. The lowest BCUT2D eigenvalue weighted by Gasteiger charge is -2.11. The van der Waals surface area contributed by atoms with Crippen molar-refractivity contribution >= 4 is 28.2 Å². The number of nitrogens with zero attached hydrogens (tertiary/aromatic N) is 2. The van der Waals surface area contributed by atoms with Crippen LogP contribution >= 0.6 is 0 Å². The second kappa shape index (κ2) is 9.93. The SMILES string of the molecule is CC(C)NC(=O)c1ccc2[nH]c(O)c(C(=Nc3ccc(CN(C)C)cc3)c3ccccc3)c2c1. The topological polar surface area (TPSA) is 80.7 Å². The number of aromatic amines is 1. The maximum atomic E-state index is 12.6. The molecule has 0 spiro atoms. The van der Waals surface area contributed by atoms with E-state index in [1.165, 1.54) is 5.56 Å². The van der Waals surface area contributed by atoms with Crippen LogP contribution < -0.4 is 5.32 Å². The molecule has 34 heavy (non-hydrogen) atoms. The minimum atomic E-state index is -0.154. The van der Waals surface area contributed by atoms with Gasteiger partial charge in [0.2, 0.25) is 0 Å². The van der Waals surface area contributed by atoms with E-state index in [4.69, 9.17) is 4.99 Å². The van der Waals surface area contributed by atoms with Crippen LogP contribution in [0.5, 0.6) is 5.88 Å². The number of amides is 1. The Bertz CT molecular complexity index is 1320. The minimum Gasteiger partial charge on any atom is -0.494 e. The lowest BCUT2D eigenvalue weighted by Crippen LogP contribution is -2.29. The van der Waals surface area contributed by atoms with Gasteiger partial charge in [0.05, 0.1) is 17.0 Å². The Morgan fingerprint density at radius 1 is 1.00 bits per heavy atom. The van der Waals surface area contributed by atoms with Crippen molar-refractivity contribution in [3.05, 3.63) is 95.1 Å². The van der Waals surface area contributed by atoms with E-state index in [0.717, 1.165) is 28.7 Å². The first-order chi connectivity index (χ1) is 16.3. The van der Waals surface area contributed by atoms with Crippen LogP contribution in [0.2, 0.25) is 0 Å². The summed E-state index contributed by atoms with van der Waals surface area (Å²) in [5.41, 5.74) is 5.31. The van der Waals surface area contributed by atoms with Crippen molar-refractivity contribution in [3.8, 4) is 5.88 Å². The molecule has 3 N–H and O–H groups in total. The molecule has 174 valence electrons. The van der Waals surface area contributed by atoms with Gasteiger partial charge in [-0.1, -0.05) is 42.5 Å². The molecule has 0 radical (unpaired) electrons. The number of H-pyrrole nitrogens is 1. The Balaban J connectivity index is 1.85. The predicted molar refractivity (Wildman–Crippen MR) is 138 cm³/mol. The minimum absolute atomic E-state index is 0.0169. The van der Waals surface area contributed by atoms with Crippen LogP contribution in [0.15, 0.2) is 77.8 Å². The number of carbonyl (C=O) groups is 1. The average molecular weight is 455 g/mol. The number of carbonyl (C=O) groups excluding carboxylic acids is 1. The molecule has 4 rings (SSSR count).